The number of amides is 1. The SMILES string of the molecule is CC(C)c1cccc(C(C)C)c1NC(=O)CCS(=O)(=O)c1ccc(Cl)cc1. The molecule has 0 aliphatic rings. The Kier molecular flexibility index (Phi) is 7.06. The minimum atomic E-state index is -3.54. The summed E-state index contributed by atoms with van der Waals surface area (Å²) < 4.78 is 24.9. The van der Waals surface area contributed by atoms with Crippen LogP contribution < -0.4 is 5.32 Å². The number of nitrogens with one attached hydrogen (secondary N) is 1. The zero-order valence-corrected chi connectivity index (χ0v) is 17.7. The monoisotopic (exact) mass is 407 g/mol. The first-order valence-corrected chi connectivity index (χ1v) is 11.1. The van der Waals surface area contributed by atoms with Gasteiger partial charge >= 0.3 is 0 Å². The number of sulfone groups is 1. The molecule has 2 rings (SSSR count). The molecule has 0 saturated carbocycles. The van der Waals surface area contributed by atoms with E-state index in [4.69, 9.17) is 11.6 Å². The van der Waals surface area contributed by atoms with E-state index >= 15 is 0 Å². The van der Waals surface area contributed by atoms with Gasteiger partial charge in [-0.1, -0.05) is 57.5 Å². The largest absolute Gasteiger partial charge is 0.326 e. The number of benzene rings is 2. The lowest BCUT2D eigenvalue weighted by Crippen LogP contribution is -2.19. The van der Waals surface area contributed by atoms with E-state index in [0.29, 0.717) is 5.02 Å². The quantitative estimate of drug-likeness (QED) is 0.669. The van der Waals surface area contributed by atoms with Gasteiger partial charge in [0.25, 0.3) is 0 Å². The van der Waals surface area contributed by atoms with Gasteiger partial charge in [0, 0.05) is 17.1 Å². The van der Waals surface area contributed by atoms with Gasteiger partial charge in [-0.05, 0) is 47.2 Å². The first-order chi connectivity index (χ1) is 12.6. The zero-order valence-electron chi connectivity index (χ0n) is 16.1. The lowest BCUT2D eigenvalue weighted by Gasteiger charge is -2.20. The molecular formula is C21H26ClNO3S. The number of carbonyl (C=O) groups excluding carboxylic acids is 1. The van der Waals surface area contributed by atoms with E-state index in [-0.39, 0.29) is 34.8 Å². The second kappa shape index (κ2) is 8.89. The van der Waals surface area contributed by atoms with Gasteiger partial charge in [0.2, 0.25) is 5.91 Å². The predicted molar refractivity (Wildman–Crippen MR) is 111 cm³/mol. The van der Waals surface area contributed by atoms with E-state index in [1.807, 2.05) is 18.2 Å². The summed E-state index contributed by atoms with van der Waals surface area (Å²) in [6, 6.07) is 12.0. The van der Waals surface area contributed by atoms with E-state index in [9.17, 15) is 13.2 Å². The van der Waals surface area contributed by atoms with Gasteiger partial charge in [-0.25, -0.2) is 8.42 Å². The lowest BCUT2D eigenvalue weighted by molar-refractivity contribution is -0.115. The Morgan fingerprint density at radius 1 is 0.963 bits per heavy atom. The van der Waals surface area contributed by atoms with Crippen LogP contribution in [-0.2, 0) is 14.6 Å². The van der Waals surface area contributed by atoms with Crippen molar-refractivity contribution in [1.29, 1.82) is 0 Å². The van der Waals surface area contributed by atoms with Crippen molar-refractivity contribution in [2.24, 2.45) is 0 Å². The van der Waals surface area contributed by atoms with Crippen LogP contribution in [0.1, 0.15) is 57.1 Å². The molecule has 0 heterocycles. The number of rotatable bonds is 7. The summed E-state index contributed by atoms with van der Waals surface area (Å²) >= 11 is 5.80. The Hall–Kier alpha value is -1.85. The maximum absolute atomic E-state index is 12.5. The molecule has 146 valence electrons. The molecule has 6 heteroatoms. The third kappa shape index (κ3) is 5.56. The highest BCUT2D eigenvalue weighted by molar-refractivity contribution is 7.91. The lowest BCUT2D eigenvalue weighted by atomic mass is 9.92. The Labute approximate surface area is 166 Å². The van der Waals surface area contributed by atoms with E-state index in [1.165, 1.54) is 24.3 Å². The molecule has 0 atom stereocenters. The summed E-state index contributed by atoms with van der Waals surface area (Å²) in [7, 11) is -3.54. The van der Waals surface area contributed by atoms with Crippen molar-refractivity contribution in [2.75, 3.05) is 11.1 Å². The van der Waals surface area contributed by atoms with Crippen LogP contribution in [0, 0.1) is 0 Å². The van der Waals surface area contributed by atoms with E-state index in [2.05, 4.69) is 33.0 Å². The number of hydrogen-bond acceptors (Lipinski definition) is 3. The van der Waals surface area contributed by atoms with Crippen LogP contribution >= 0.6 is 11.6 Å². The van der Waals surface area contributed by atoms with Crippen molar-refractivity contribution in [2.45, 2.75) is 50.8 Å². The van der Waals surface area contributed by atoms with Crippen molar-refractivity contribution < 1.29 is 13.2 Å². The predicted octanol–water partition coefficient (Wildman–Crippen LogP) is 5.39. The minimum Gasteiger partial charge on any atom is -0.326 e. The normalized spacial score (nSPS) is 11.8. The van der Waals surface area contributed by atoms with E-state index in [0.717, 1.165) is 16.8 Å². The molecule has 4 nitrogen and oxygen atoms in total. The molecule has 0 aliphatic heterocycles. The number of para-hydroxylation sites is 1. The van der Waals surface area contributed by atoms with Crippen LogP contribution in [0.4, 0.5) is 5.69 Å². The maximum atomic E-state index is 12.5. The van der Waals surface area contributed by atoms with Crippen molar-refractivity contribution >= 4 is 33.0 Å². The Morgan fingerprint density at radius 3 is 1.96 bits per heavy atom. The Morgan fingerprint density at radius 2 is 1.48 bits per heavy atom. The number of halogens is 1. The van der Waals surface area contributed by atoms with Crippen molar-refractivity contribution in [1.82, 2.24) is 0 Å². The summed E-state index contributed by atoms with van der Waals surface area (Å²) in [5.74, 6) is -0.0578. The smallest absolute Gasteiger partial charge is 0.225 e. The van der Waals surface area contributed by atoms with Crippen LogP contribution in [0.25, 0.3) is 0 Å². The molecule has 1 amide bonds. The molecule has 0 radical (unpaired) electrons. The molecule has 2 aromatic carbocycles. The molecule has 0 fully saturated rings. The fourth-order valence-corrected chi connectivity index (χ4v) is 4.25. The van der Waals surface area contributed by atoms with Gasteiger partial charge < -0.3 is 5.32 Å². The van der Waals surface area contributed by atoms with Gasteiger partial charge in [-0.15, -0.1) is 0 Å². The highest BCUT2D eigenvalue weighted by atomic mass is 35.5. The van der Waals surface area contributed by atoms with Gasteiger partial charge in [0.05, 0.1) is 10.6 Å². The van der Waals surface area contributed by atoms with Crippen LogP contribution in [0.2, 0.25) is 5.02 Å². The molecular weight excluding hydrogens is 382 g/mol. The molecule has 0 saturated heterocycles. The second-order valence-electron chi connectivity index (χ2n) is 7.19. The number of hydrogen-bond donors (Lipinski definition) is 1. The number of carbonyl (C=O) groups is 1. The summed E-state index contributed by atoms with van der Waals surface area (Å²) in [5, 5.41) is 3.42. The first-order valence-electron chi connectivity index (χ1n) is 9.02. The van der Waals surface area contributed by atoms with Gasteiger partial charge in [-0.2, -0.15) is 0 Å². The van der Waals surface area contributed by atoms with Crippen molar-refractivity contribution in [3.05, 3.63) is 58.6 Å². The molecule has 0 bridgehead atoms. The van der Waals surface area contributed by atoms with Crippen molar-refractivity contribution in [3.63, 3.8) is 0 Å². The van der Waals surface area contributed by atoms with Gasteiger partial charge in [0.1, 0.15) is 0 Å². The zero-order chi connectivity index (χ0) is 20.2. The molecule has 2 aromatic rings. The fourth-order valence-electron chi connectivity index (χ4n) is 2.88. The third-order valence-corrected chi connectivity index (χ3v) is 6.39. The van der Waals surface area contributed by atoms with Gasteiger partial charge in [-0.3, -0.25) is 4.79 Å². The third-order valence-electron chi connectivity index (χ3n) is 4.41. The second-order valence-corrected chi connectivity index (χ2v) is 9.74. The van der Waals surface area contributed by atoms with Crippen molar-refractivity contribution in [3.8, 4) is 0 Å². The summed E-state index contributed by atoms with van der Waals surface area (Å²) in [6.45, 7) is 8.28. The maximum Gasteiger partial charge on any atom is 0.225 e. The fraction of sp³-hybridized carbons (Fsp3) is 0.381. The van der Waals surface area contributed by atoms with Gasteiger partial charge in [0.15, 0.2) is 9.84 Å². The molecule has 27 heavy (non-hydrogen) atoms. The molecule has 0 aliphatic carbocycles. The highest BCUT2D eigenvalue weighted by Gasteiger charge is 2.19. The molecule has 0 aromatic heterocycles. The standard InChI is InChI=1S/C21H26ClNO3S/c1-14(2)18-6-5-7-19(15(3)4)21(18)23-20(24)12-13-27(25,26)17-10-8-16(22)9-11-17/h5-11,14-15H,12-13H2,1-4H3,(H,23,24). The molecule has 0 spiro atoms. The van der Waals surface area contributed by atoms with Crippen LogP contribution in [-0.4, -0.2) is 20.1 Å². The molecule has 1 N–H and O–H groups in total. The average molecular weight is 408 g/mol. The number of anilines is 1. The highest BCUT2D eigenvalue weighted by Crippen LogP contribution is 2.32. The average Bonchev–Trinajstić information content (AvgIpc) is 2.60. The van der Waals surface area contributed by atoms with Crippen LogP contribution in [0.15, 0.2) is 47.4 Å². The topological polar surface area (TPSA) is 63.2 Å². The van der Waals surface area contributed by atoms with E-state index < -0.39 is 9.84 Å². The first kappa shape index (κ1) is 21.5. The Balaban J connectivity index is 2.15. The van der Waals surface area contributed by atoms with Crippen LogP contribution in [0.5, 0.6) is 0 Å². The minimum absolute atomic E-state index is 0.102. The summed E-state index contributed by atoms with van der Waals surface area (Å²) in [4.78, 5) is 12.7. The van der Waals surface area contributed by atoms with E-state index in [1.54, 1.807) is 0 Å². The summed E-state index contributed by atoms with van der Waals surface area (Å²) in [5.41, 5.74) is 2.90. The molecule has 0 unspecified atom stereocenters. The van der Waals surface area contributed by atoms with Crippen LogP contribution in [0.3, 0.4) is 0 Å². The summed E-state index contributed by atoms with van der Waals surface area (Å²) in [6.07, 6.45) is -0.102. The Bertz CT molecular complexity index is 877.